The number of rotatable bonds is 4. The number of H-pyrrole nitrogens is 1. The molecule has 0 radical (unpaired) electrons. The average molecular weight is 391 g/mol. The molecule has 29 heavy (non-hydrogen) atoms. The third-order valence-electron chi connectivity index (χ3n) is 6.00. The van der Waals surface area contributed by atoms with E-state index in [9.17, 15) is 4.79 Å². The van der Waals surface area contributed by atoms with Gasteiger partial charge in [0.05, 0.1) is 6.54 Å². The molecule has 5 nitrogen and oxygen atoms in total. The van der Waals surface area contributed by atoms with Crippen molar-refractivity contribution in [3.63, 3.8) is 0 Å². The highest BCUT2D eigenvalue weighted by Crippen LogP contribution is 2.29. The maximum atomic E-state index is 12.8. The number of nitrogens with one attached hydrogen (secondary N) is 2. The Balaban J connectivity index is 0.00000205. The van der Waals surface area contributed by atoms with Gasteiger partial charge in [0.2, 0.25) is 5.91 Å². The lowest BCUT2D eigenvalue weighted by Crippen LogP contribution is -2.50. The second-order valence-electron chi connectivity index (χ2n) is 7.80. The number of anilines is 1. The molecule has 0 bridgehead atoms. The van der Waals surface area contributed by atoms with Gasteiger partial charge in [-0.2, -0.15) is 0 Å². The highest BCUT2D eigenvalue weighted by atomic mass is 16.2. The predicted octanol–water partition coefficient (Wildman–Crippen LogP) is 3.34. The first-order valence-electron chi connectivity index (χ1n) is 10.2. The molecular formula is C24H30N4O. The predicted molar refractivity (Wildman–Crippen MR) is 119 cm³/mol. The van der Waals surface area contributed by atoms with Crippen molar-refractivity contribution in [3.05, 3.63) is 65.4 Å². The highest BCUT2D eigenvalue weighted by Gasteiger charge is 2.25. The molecule has 0 atom stereocenters. The van der Waals surface area contributed by atoms with Gasteiger partial charge in [-0.25, -0.2) is 0 Å². The van der Waals surface area contributed by atoms with Crippen LogP contribution in [-0.4, -0.2) is 48.5 Å². The van der Waals surface area contributed by atoms with E-state index in [0.717, 1.165) is 56.8 Å². The minimum Gasteiger partial charge on any atom is -0.358 e. The highest BCUT2D eigenvalue weighted by molar-refractivity contribution is 5.98. The SMILES string of the molecule is C.O=C1CN(CCc2ccccc2)CCN1c1ccc2c3c([nH]c2c1)CCNC3. The Kier molecular flexibility index (Phi) is 5.69. The number of carbonyl (C=O) groups is 1. The fraction of sp³-hybridized carbons (Fsp3) is 0.375. The minimum absolute atomic E-state index is 0. The number of aromatic nitrogens is 1. The van der Waals surface area contributed by atoms with Crippen molar-refractivity contribution >= 4 is 22.5 Å². The molecular weight excluding hydrogens is 360 g/mol. The average Bonchev–Trinajstić information content (AvgIpc) is 3.11. The second-order valence-corrected chi connectivity index (χ2v) is 7.80. The maximum absolute atomic E-state index is 12.8. The van der Waals surface area contributed by atoms with Crippen LogP contribution in [-0.2, 0) is 24.2 Å². The zero-order chi connectivity index (χ0) is 18.9. The Morgan fingerprint density at radius 2 is 1.90 bits per heavy atom. The second kappa shape index (κ2) is 8.39. The standard InChI is InChI=1S/C23H26N4O.CH4/c28-23-16-26(11-9-17-4-2-1-3-5-17)12-13-27(23)18-6-7-19-20-15-24-10-8-21(20)25-22(19)14-18;/h1-7,14,24-25H,8-13,15-16H2;1H4. The first-order chi connectivity index (χ1) is 13.8. The summed E-state index contributed by atoms with van der Waals surface area (Å²) in [7, 11) is 0. The molecule has 1 saturated heterocycles. The number of hydrogen-bond acceptors (Lipinski definition) is 3. The number of amides is 1. The Morgan fingerprint density at radius 3 is 2.72 bits per heavy atom. The third-order valence-corrected chi connectivity index (χ3v) is 6.00. The van der Waals surface area contributed by atoms with Gasteiger partial charge in [-0.3, -0.25) is 9.69 Å². The zero-order valence-corrected chi connectivity index (χ0v) is 16.1. The van der Waals surface area contributed by atoms with Gasteiger partial charge in [0.1, 0.15) is 0 Å². The Bertz CT molecular complexity index is 995. The van der Waals surface area contributed by atoms with Crippen LogP contribution in [0.25, 0.3) is 10.9 Å². The van der Waals surface area contributed by atoms with E-state index in [2.05, 4.69) is 57.7 Å². The first-order valence-corrected chi connectivity index (χ1v) is 10.2. The summed E-state index contributed by atoms with van der Waals surface area (Å²) >= 11 is 0. The van der Waals surface area contributed by atoms with E-state index in [0.29, 0.717) is 6.54 Å². The third kappa shape index (κ3) is 3.93. The molecule has 1 amide bonds. The van der Waals surface area contributed by atoms with E-state index < -0.39 is 0 Å². The summed E-state index contributed by atoms with van der Waals surface area (Å²) in [5.74, 6) is 0.191. The maximum Gasteiger partial charge on any atom is 0.241 e. The number of piperazine rings is 1. The van der Waals surface area contributed by atoms with Crippen LogP contribution < -0.4 is 10.2 Å². The fourth-order valence-corrected chi connectivity index (χ4v) is 4.43. The summed E-state index contributed by atoms with van der Waals surface area (Å²) in [5, 5.41) is 4.72. The quantitative estimate of drug-likeness (QED) is 0.718. The van der Waals surface area contributed by atoms with Gasteiger partial charge in [0, 0.05) is 61.4 Å². The summed E-state index contributed by atoms with van der Waals surface area (Å²) in [6.07, 6.45) is 2.03. The fourth-order valence-electron chi connectivity index (χ4n) is 4.43. The lowest BCUT2D eigenvalue weighted by molar-refractivity contribution is -0.121. The molecule has 2 aromatic carbocycles. The number of fused-ring (bicyclic) bond motifs is 3. The van der Waals surface area contributed by atoms with Gasteiger partial charge in [0.15, 0.2) is 0 Å². The van der Waals surface area contributed by atoms with Gasteiger partial charge >= 0.3 is 0 Å². The zero-order valence-electron chi connectivity index (χ0n) is 16.1. The minimum atomic E-state index is 0. The van der Waals surface area contributed by atoms with Crippen molar-refractivity contribution in [2.45, 2.75) is 26.8 Å². The lowest BCUT2D eigenvalue weighted by Gasteiger charge is -2.34. The summed E-state index contributed by atoms with van der Waals surface area (Å²) in [6.45, 7) is 5.04. The van der Waals surface area contributed by atoms with Crippen molar-refractivity contribution in [1.82, 2.24) is 15.2 Å². The van der Waals surface area contributed by atoms with Gasteiger partial charge < -0.3 is 15.2 Å². The van der Waals surface area contributed by atoms with Gasteiger partial charge in [-0.15, -0.1) is 0 Å². The summed E-state index contributed by atoms with van der Waals surface area (Å²) in [4.78, 5) is 20.6. The molecule has 0 unspecified atom stereocenters. The van der Waals surface area contributed by atoms with Crippen LogP contribution in [0.3, 0.4) is 0 Å². The number of carbonyl (C=O) groups excluding carboxylic acids is 1. The van der Waals surface area contributed by atoms with Crippen molar-refractivity contribution in [2.24, 2.45) is 0 Å². The van der Waals surface area contributed by atoms with Crippen LogP contribution in [0.2, 0.25) is 0 Å². The van der Waals surface area contributed by atoms with E-state index in [1.54, 1.807) is 0 Å². The monoisotopic (exact) mass is 390 g/mol. The Hall–Kier alpha value is -2.63. The normalized spacial score (nSPS) is 17.2. The Labute approximate surface area is 172 Å². The van der Waals surface area contributed by atoms with Crippen molar-refractivity contribution < 1.29 is 4.79 Å². The summed E-state index contributed by atoms with van der Waals surface area (Å²) in [5.41, 5.74) is 6.19. The van der Waals surface area contributed by atoms with Crippen molar-refractivity contribution in [1.29, 1.82) is 0 Å². The molecule has 2 aliphatic heterocycles. The summed E-state index contributed by atoms with van der Waals surface area (Å²) < 4.78 is 0. The topological polar surface area (TPSA) is 51.4 Å². The van der Waals surface area contributed by atoms with E-state index in [-0.39, 0.29) is 13.3 Å². The molecule has 2 aliphatic rings. The summed E-state index contributed by atoms with van der Waals surface area (Å²) in [6, 6.07) is 16.9. The van der Waals surface area contributed by atoms with Crippen LogP contribution in [0.1, 0.15) is 24.2 Å². The molecule has 1 fully saturated rings. The van der Waals surface area contributed by atoms with Gasteiger partial charge in [0.25, 0.3) is 0 Å². The number of benzene rings is 2. The first kappa shape index (κ1) is 19.7. The van der Waals surface area contributed by atoms with Gasteiger partial charge in [-0.05, 0) is 29.7 Å². The van der Waals surface area contributed by atoms with Crippen LogP contribution in [0, 0.1) is 0 Å². The number of nitrogens with zero attached hydrogens (tertiary/aromatic N) is 2. The van der Waals surface area contributed by atoms with Crippen LogP contribution in [0.15, 0.2) is 48.5 Å². The molecule has 3 heterocycles. The van der Waals surface area contributed by atoms with Crippen LogP contribution >= 0.6 is 0 Å². The molecule has 1 aromatic heterocycles. The van der Waals surface area contributed by atoms with E-state index in [1.165, 1.54) is 22.2 Å². The molecule has 0 spiro atoms. The molecule has 152 valence electrons. The largest absolute Gasteiger partial charge is 0.358 e. The van der Waals surface area contributed by atoms with E-state index in [4.69, 9.17) is 0 Å². The number of aromatic amines is 1. The van der Waals surface area contributed by atoms with E-state index in [1.807, 2.05) is 11.0 Å². The molecule has 2 N–H and O–H groups in total. The van der Waals surface area contributed by atoms with Crippen LogP contribution in [0.4, 0.5) is 5.69 Å². The Morgan fingerprint density at radius 1 is 1.03 bits per heavy atom. The smallest absolute Gasteiger partial charge is 0.241 e. The van der Waals surface area contributed by atoms with Gasteiger partial charge in [-0.1, -0.05) is 43.8 Å². The van der Waals surface area contributed by atoms with Crippen molar-refractivity contribution in [3.8, 4) is 0 Å². The van der Waals surface area contributed by atoms with Crippen LogP contribution in [0.5, 0.6) is 0 Å². The molecule has 3 aromatic rings. The molecule has 0 aliphatic carbocycles. The lowest BCUT2D eigenvalue weighted by atomic mass is 10.1. The van der Waals surface area contributed by atoms with Crippen molar-refractivity contribution in [2.75, 3.05) is 37.6 Å². The number of hydrogen-bond donors (Lipinski definition) is 2. The molecule has 5 heteroatoms. The molecule has 0 saturated carbocycles. The molecule has 5 rings (SSSR count). The van der Waals surface area contributed by atoms with E-state index >= 15 is 0 Å².